The third-order valence-electron chi connectivity index (χ3n) is 5.89. The largest absolute Gasteiger partial charge is 0.454 e. The number of sulfonamides is 1. The summed E-state index contributed by atoms with van der Waals surface area (Å²) < 4.78 is 28.4. The zero-order valence-electron chi connectivity index (χ0n) is 18.6. The molecule has 2 aromatic carbocycles. The molecule has 1 atom stereocenters. The van der Waals surface area contributed by atoms with Gasteiger partial charge in [0.15, 0.2) is 6.61 Å². The van der Waals surface area contributed by atoms with Crippen molar-refractivity contribution >= 4 is 39.4 Å². The summed E-state index contributed by atoms with van der Waals surface area (Å²) in [5.74, 6) is -2.99. The Morgan fingerprint density at radius 2 is 1.68 bits per heavy atom. The van der Waals surface area contributed by atoms with Crippen LogP contribution >= 0.6 is 0 Å². The third kappa shape index (κ3) is 4.08. The molecule has 2 heterocycles. The van der Waals surface area contributed by atoms with Crippen LogP contribution in [0.25, 0.3) is 0 Å². The summed E-state index contributed by atoms with van der Waals surface area (Å²) in [6.45, 7) is 3.04. The van der Waals surface area contributed by atoms with Crippen LogP contribution in [0.5, 0.6) is 0 Å². The van der Waals surface area contributed by atoms with E-state index in [1.807, 2.05) is 0 Å². The van der Waals surface area contributed by atoms with E-state index in [4.69, 9.17) is 9.88 Å². The summed E-state index contributed by atoms with van der Waals surface area (Å²) in [5.41, 5.74) is 1.58. The zero-order chi connectivity index (χ0) is 24.8. The van der Waals surface area contributed by atoms with Gasteiger partial charge in [0.05, 0.1) is 16.0 Å². The molecule has 3 amide bonds. The van der Waals surface area contributed by atoms with Crippen molar-refractivity contribution in [2.75, 3.05) is 18.1 Å². The Balaban J connectivity index is 1.47. The number of hydrogen-bond acceptors (Lipinski definition) is 7. The van der Waals surface area contributed by atoms with Crippen molar-refractivity contribution in [1.82, 2.24) is 4.90 Å². The second-order valence-corrected chi connectivity index (χ2v) is 10.0. The lowest BCUT2D eigenvalue weighted by molar-refractivity contribution is -0.153. The van der Waals surface area contributed by atoms with Gasteiger partial charge in [0.1, 0.15) is 6.04 Å². The molecule has 0 saturated carbocycles. The second-order valence-electron chi connectivity index (χ2n) is 8.45. The van der Waals surface area contributed by atoms with E-state index in [9.17, 15) is 27.6 Å². The summed E-state index contributed by atoms with van der Waals surface area (Å²) in [6.07, 6.45) is 0.419. The first-order chi connectivity index (χ1) is 16.0. The lowest BCUT2D eigenvalue weighted by atomic mass is 10.0. The molecule has 0 aliphatic carbocycles. The number of anilines is 1. The Morgan fingerprint density at radius 1 is 1.06 bits per heavy atom. The molecule has 2 N–H and O–H groups in total. The van der Waals surface area contributed by atoms with E-state index in [1.165, 1.54) is 35.2 Å². The number of ether oxygens (including phenoxy) is 1. The molecule has 2 aliphatic heterocycles. The van der Waals surface area contributed by atoms with Gasteiger partial charge in [0, 0.05) is 12.2 Å². The number of nitrogens with two attached hydrogens (primary N) is 1. The van der Waals surface area contributed by atoms with Crippen LogP contribution in [-0.4, -0.2) is 56.2 Å². The number of fused-ring (bicyclic) bond motifs is 2. The zero-order valence-corrected chi connectivity index (χ0v) is 19.4. The number of nitrogens with zero attached hydrogens (tertiary/aromatic N) is 2. The molecule has 2 aliphatic rings. The van der Waals surface area contributed by atoms with Crippen molar-refractivity contribution in [3.63, 3.8) is 0 Å². The molecular formula is C23H23N3O7S. The van der Waals surface area contributed by atoms with E-state index in [0.29, 0.717) is 17.7 Å². The van der Waals surface area contributed by atoms with Crippen molar-refractivity contribution in [3.05, 3.63) is 59.2 Å². The van der Waals surface area contributed by atoms with Crippen LogP contribution in [0.2, 0.25) is 0 Å². The first-order valence-electron chi connectivity index (χ1n) is 10.6. The minimum atomic E-state index is -3.87. The number of primary sulfonamides is 1. The number of benzene rings is 2. The Hall–Kier alpha value is -3.57. The number of hydrogen-bond donors (Lipinski definition) is 1. The van der Waals surface area contributed by atoms with Gasteiger partial charge < -0.3 is 9.64 Å². The van der Waals surface area contributed by atoms with Crippen LogP contribution in [0.15, 0.2) is 47.4 Å². The summed E-state index contributed by atoms with van der Waals surface area (Å²) in [5, 5.41) is 5.16. The Labute approximate surface area is 196 Å². The van der Waals surface area contributed by atoms with Crippen molar-refractivity contribution in [3.8, 4) is 0 Å². The average Bonchev–Trinajstić information content (AvgIpc) is 3.32. The van der Waals surface area contributed by atoms with Crippen LogP contribution < -0.4 is 10.0 Å². The van der Waals surface area contributed by atoms with Crippen LogP contribution in [0.3, 0.4) is 0 Å². The Morgan fingerprint density at radius 3 is 2.24 bits per heavy atom. The van der Waals surface area contributed by atoms with Gasteiger partial charge in [0.2, 0.25) is 10.0 Å². The lowest BCUT2D eigenvalue weighted by Gasteiger charge is -2.27. The highest BCUT2D eigenvalue weighted by molar-refractivity contribution is 7.89. The summed E-state index contributed by atoms with van der Waals surface area (Å²) in [7, 11) is -3.87. The summed E-state index contributed by atoms with van der Waals surface area (Å²) in [4.78, 5) is 53.5. The van der Waals surface area contributed by atoms with E-state index in [0.717, 1.165) is 4.90 Å². The van der Waals surface area contributed by atoms with E-state index in [-0.39, 0.29) is 22.6 Å². The van der Waals surface area contributed by atoms with E-state index >= 15 is 0 Å². The molecule has 0 bridgehead atoms. The van der Waals surface area contributed by atoms with E-state index in [2.05, 4.69) is 0 Å². The van der Waals surface area contributed by atoms with Gasteiger partial charge in [-0.3, -0.25) is 19.3 Å². The van der Waals surface area contributed by atoms with Crippen molar-refractivity contribution in [2.24, 2.45) is 11.1 Å². The first kappa shape index (κ1) is 23.6. The predicted octanol–water partition coefficient (Wildman–Crippen LogP) is 1.09. The van der Waals surface area contributed by atoms with Gasteiger partial charge in [-0.05, 0) is 48.2 Å². The molecular weight excluding hydrogens is 462 g/mol. The predicted molar refractivity (Wildman–Crippen MR) is 120 cm³/mol. The van der Waals surface area contributed by atoms with Gasteiger partial charge >= 0.3 is 5.97 Å². The maximum absolute atomic E-state index is 12.9. The smallest absolute Gasteiger partial charge is 0.330 e. The molecule has 4 rings (SSSR count). The molecule has 34 heavy (non-hydrogen) atoms. The van der Waals surface area contributed by atoms with Crippen LogP contribution in [-0.2, 0) is 30.8 Å². The molecule has 0 saturated heterocycles. The van der Waals surface area contributed by atoms with Crippen LogP contribution in [0.4, 0.5) is 5.69 Å². The quantitative estimate of drug-likeness (QED) is 0.476. The number of carbonyl (C=O) groups is 4. The number of rotatable bonds is 6. The molecule has 0 fully saturated rings. The standard InChI is InChI=1S/C23H23N3O7S/c1-13(2)20(26-21(28)16-5-3-4-6-17(16)22(26)29)23(30)33-12-19(27)25-10-9-14-11-15(34(24,31)32)7-8-18(14)25/h3-8,11,13,20H,9-10,12H2,1-2H3,(H2,24,31,32)/t20-/m0/s1. The van der Waals surface area contributed by atoms with Gasteiger partial charge in [-0.25, -0.2) is 18.4 Å². The molecule has 2 aromatic rings. The molecule has 11 heteroatoms. The van der Waals surface area contributed by atoms with Crippen molar-refractivity contribution in [2.45, 2.75) is 31.2 Å². The van der Waals surface area contributed by atoms with E-state index in [1.54, 1.807) is 26.0 Å². The number of carbonyl (C=O) groups excluding carboxylic acids is 4. The molecule has 178 valence electrons. The van der Waals surface area contributed by atoms with Crippen molar-refractivity contribution in [1.29, 1.82) is 0 Å². The molecule has 0 spiro atoms. The third-order valence-corrected chi connectivity index (χ3v) is 6.80. The van der Waals surface area contributed by atoms with Crippen molar-refractivity contribution < 1.29 is 32.3 Å². The Bertz CT molecular complexity index is 1280. The van der Waals surface area contributed by atoms with Crippen LogP contribution in [0.1, 0.15) is 40.1 Å². The molecule has 10 nitrogen and oxygen atoms in total. The highest BCUT2D eigenvalue weighted by atomic mass is 32.2. The van der Waals surface area contributed by atoms with Gasteiger partial charge in [-0.1, -0.05) is 26.0 Å². The minimum Gasteiger partial charge on any atom is -0.454 e. The van der Waals surface area contributed by atoms with Crippen LogP contribution in [0, 0.1) is 5.92 Å². The molecule has 0 aromatic heterocycles. The minimum absolute atomic E-state index is 0.0484. The average molecular weight is 486 g/mol. The fourth-order valence-corrected chi connectivity index (χ4v) is 4.81. The monoisotopic (exact) mass is 485 g/mol. The highest BCUT2D eigenvalue weighted by Crippen LogP contribution is 2.31. The van der Waals surface area contributed by atoms with Gasteiger partial charge in [-0.2, -0.15) is 0 Å². The first-order valence-corrected chi connectivity index (χ1v) is 12.1. The topological polar surface area (TPSA) is 144 Å². The highest BCUT2D eigenvalue weighted by Gasteiger charge is 2.45. The second kappa shape index (κ2) is 8.65. The number of esters is 1. The fraction of sp³-hybridized carbons (Fsp3) is 0.304. The number of amides is 3. The number of imide groups is 1. The maximum Gasteiger partial charge on any atom is 0.330 e. The normalized spacial score (nSPS) is 16.0. The maximum atomic E-state index is 12.9. The Kier molecular flexibility index (Phi) is 6.00. The molecule has 0 radical (unpaired) electrons. The lowest BCUT2D eigenvalue weighted by Crippen LogP contribution is -2.49. The van der Waals surface area contributed by atoms with Gasteiger partial charge in [-0.15, -0.1) is 0 Å². The fourth-order valence-electron chi connectivity index (χ4n) is 4.25. The molecule has 0 unspecified atom stereocenters. The van der Waals surface area contributed by atoms with Gasteiger partial charge in [0.25, 0.3) is 17.7 Å². The van der Waals surface area contributed by atoms with E-state index < -0.39 is 52.3 Å². The SMILES string of the molecule is CC(C)[C@@H](C(=O)OCC(=O)N1CCc2cc(S(N)(=O)=O)ccc21)N1C(=O)c2ccccc2C1=O. The summed E-state index contributed by atoms with van der Waals surface area (Å²) >= 11 is 0. The summed E-state index contributed by atoms with van der Waals surface area (Å²) in [6, 6.07) is 9.33.